The van der Waals surface area contributed by atoms with Crippen LogP contribution in [0.15, 0.2) is 64.1 Å². The van der Waals surface area contributed by atoms with Crippen LogP contribution in [0.2, 0.25) is 0 Å². The van der Waals surface area contributed by atoms with Gasteiger partial charge in [-0.15, -0.1) is 0 Å². The summed E-state index contributed by atoms with van der Waals surface area (Å²) >= 11 is 0. The first-order chi connectivity index (χ1) is 10.0. The second-order valence-corrected chi connectivity index (χ2v) is 6.47. The number of fused-ring (bicyclic) bond motifs is 5. The maximum atomic E-state index is 11.4. The number of rotatable bonds is 1. The summed E-state index contributed by atoms with van der Waals surface area (Å²) in [6.45, 7) is 0. The number of furan rings is 1. The first-order valence-electron chi connectivity index (χ1n) is 6.41. The quantitative estimate of drug-likeness (QED) is 0.432. The average Bonchev–Trinajstić information content (AvgIpc) is 2.91. The summed E-state index contributed by atoms with van der Waals surface area (Å²) in [6.07, 6.45) is 0. The molecule has 0 aliphatic rings. The third-order valence-corrected chi connectivity index (χ3v) is 4.43. The van der Waals surface area contributed by atoms with Gasteiger partial charge in [0.15, 0.2) is 0 Å². The molecule has 4 aromatic rings. The van der Waals surface area contributed by atoms with Gasteiger partial charge in [-0.2, -0.15) is 0 Å². The van der Waals surface area contributed by atoms with Gasteiger partial charge in [-0.25, -0.2) is 13.6 Å². The second-order valence-electron chi connectivity index (χ2n) is 4.98. The number of sulfonamides is 1. The van der Waals surface area contributed by atoms with E-state index in [9.17, 15) is 8.42 Å². The Balaban J connectivity index is 0.000000960. The number of hydrogen-bond donors (Lipinski definition) is 1. The fourth-order valence-electron chi connectivity index (χ4n) is 2.70. The standard InChI is InChI=1S/C16H11NO3S.Na.H/c17-21(18,19)15-9-11-6-7-13-12-4-2-1-3-10(12)5-8-14(13)16(11)20-15;;/h1-9H,(H2,17,18,19);;/p+1. The molecular formula is C16H13NNaO3S+. The monoisotopic (exact) mass is 322 g/mol. The Hall–Kier alpha value is -1.37. The van der Waals surface area contributed by atoms with E-state index in [1.807, 2.05) is 48.5 Å². The minimum absolute atomic E-state index is 0. The van der Waals surface area contributed by atoms with Crippen molar-refractivity contribution in [2.45, 2.75) is 5.09 Å². The van der Waals surface area contributed by atoms with Crippen molar-refractivity contribution in [2.75, 3.05) is 0 Å². The Morgan fingerprint density at radius 2 is 1.55 bits per heavy atom. The third kappa shape index (κ3) is 2.35. The summed E-state index contributed by atoms with van der Waals surface area (Å²) in [7, 11) is -3.84. The van der Waals surface area contributed by atoms with Gasteiger partial charge in [0, 0.05) is 16.8 Å². The van der Waals surface area contributed by atoms with Crippen molar-refractivity contribution >= 4 is 72.1 Å². The molecule has 1 aromatic heterocycles. The fraction of sp³-hybridized carbons (Fsp3) is 0. The van der Waals surface area contributed by atoms with Crippen LogP contribution in [0.3, 0.4) is 0 Å². The summed E-state index contributed by atoms with van der Waals surface area (Å²) in [5.74, 6) is 0. The van der Waals surface area contributed by atoms with E-state index in [0.717, 1.165) is 26.9 Å². The Labute approximate surface area is 150 Å². The van der Waals surface area contributed by atoms with E-state index >= 15 is 0 Å². The molecule has 0 unspecified atom stereocenters. The second kappa shape index (κ2) is 5.37. The molecule has 2 N–H and O–H groups in total. The minimum atomic E-state index is -3.84. The van der Waals surface area contributed by atoms with Gasteiger partial charge in [-0.1, -0.05) is 42.5 Å². The van der Waals surface area contributed by atoms with Gasteiger partial charge in [0.05, 0.1) is 0 Å². The van der Waals surface area contributed by atoms with E-state index in [0.29, 0.717) is 5.58 Å². The zero-order chi connectivity index (χ0) is 14.6. The number of hydrogen-bond acceptors (Lipinski definition) is 3. The molecule has 0 atom stereocenters. The molecule has 0 aliphatic heterocycles. The van der Waals surface area contributed by atoms with Gasteiger partial charge in [0.25, 0.3) is 10.0 Å². The summed E-state index contributed by atoms with van der Waals surface area (Å²) in [4.78, 5) is 0. The molecule has 1 heterocycles. The molecule has 0 saturated carbocycles. The topological polar surface area (TPSA) is 73.3 Å². The Morgan fingerprint density at radius 3 is 2.32 bits per heavy atom. The number of nitrogens with two attached hydrogens (primary N) is 1. The van der Waals surface area contributed by atoms with Crippen molar-refractivity contribution in [1.82, 2.24) is 0 Å². The first-order valence-corrected chi connectivity index (χ1v) is 7.95. The summed E-state index contributed by atoms with van der Waals surface area (Å²) in [5, 5.41) is 9.78. The third-order valence-electron chi connectivity index (χ3n) is 3.66. The van der Waals surface area contributed by atoms with Gasteiger partial charge in [-0.3, -0.25) is 0 Å². The first kappa shape index (κ1) is 15.5. The fourth-order valence-corrected chi connectivity index (χ4v) is 3.19. The van der Waals surface area contributed by atoms with Crippen LogP contribution in [-0.2, 0) is 10.0 Å². The van der Waals surface area contributed by atoms with Crippen LogP contribution in [-0.4, -0.2) is 38.0 Å². The van der Waals surface area contributed by atoms with Crippen LogP contribution in [0.1, 0.15) is 1.43 Å². The molecule has 0 saturated heterocycles. The predicted molar refractivity (Wildman–Crippen MR) is 90.9 cm³/mol. The van der Waals surface area contributed by atoms with E-state index in [4.69, 9.17) is 9.56 Å². The Bertz CT molecular complexity index is 1120. The van der Waals surface area contributed by atoms with Crippen molar-refractivity contribution < 1.29 is 14.3 Å². The van der Waals surface area contributed by atoms with Gasteiger partial charge in [-0.05, 0) is 22.2 Å². The van der Waals surface area contributed by atoms with Crippen molar-refractivity contribution in [3.8, 4) is 0 Å². The molecule has 0 fully saturated rings. The molecule has 0 aliphatic carbocycles. The number of benzene rings is 3. The Kier molecular flexibility index (Phi) is 3.79. The Morgan fingerprint density at radius 1 is 0.864 bits per heavy atom. The average molecular weight is 322 g/mol. The molecule has 0 amide bonds. The predicted octanol–water partition coefficient (Wildman–Crippen LogP) is 2.85. The molecule has 0 radical (unpaired) electrons. The van der Waals surface area contributed by atoms with E-state index in [2.05, 4.69) is 0 Å². The van der Waals surface area contributed by atoms with E-state index in [1.165, 1.54) is 6.07 Å². The van der Waals surface area contributed by atoms with Crippen LogP contribution < -0.4 is 5.14 Å². The summed E-state index contributed by atoms with van der Waals surface area (Å²) < 4.78 is 28.4. The molecule has 0 spiro atoms. The molecule has 4 rings (SSSR count). The zero-order valence-corrected chi connectivity index (χ0v) is 11.7. The van der Waals surface area contributed by atoms with E-state index < -0.39 is 10.0 Å². The summed E-state index contributed by atoms with van der Waals surface area (Å²) in [6, 6.07) is 17.3. The SMILES string of the molecule is NS(=O)(=O)c1cc2ccc3c4ccccc4ccc3c2o1.[H+].[NaH]. The van der Waals surface area contributed by atoms with Crippen LogP contribution in [0.5, 0.6) is 0 Å². The molecule has 106 valence electrons. The van der Waals surface area contributed by atoms with E-state index in [-0.39, 0.29) is 36.1 Å². The molecule has 6 heteroatoms. The molecule has 3 aromatic carbocycles. The van der Waals surface area contributed by atoms with Gasteiger partial charge in [0.1, 0.15) is 5.58 Å². The van der Waals surface area contributed by atoms with Crippen LogP contribution >= 0.6 is 0 Å². The van der Waals surface area contributed by atoms with Crippen LogP contribution in [0.25, 0.3) is 32.5 Å². The van der Waals surface area contributed by atoms with Crippen LogP contribution in [0, 0.1) is 0 Å². The molecule has 4 nitrogen and oxygen atoms in total. The normalized spacial score (nSPS) is 11.9. The zero-order valence-electron chi connectivity index (χ0n) is 11.9. The van der Waals surface area contributed by atoms with E-state index in [1.54, 1.807) is 0 Å². The molecule has 22 heavy (non-hydrogen) atoms. The molecular weight excluding hydrogens is 309 g/mol. The van der Waals surface area contributed by atoms with Crippen molar-refractivity contribution in [1.29, 1.82) is 0 Å². The van der Waals surface area contributed by atoms with Crippen molar-refractivity contribution in [3.63, 3.8) is 0 Å². The van der Waals surface area contributed by atoms with Crippen molar-refractivity contribution in [2.24, 2.45) is 5.14 Å². The summed E-state index contributed by atoms with van der Waals surface area (Å²) in [5.41, 5.74) is 0.544. The molecule has 0 bridgehead atoms. The maximum absolute atomic E-state index is 11.4. The van der Waals surface area contributed by atoms with Gasteiger partial charge in [0.2, 0.25) is 5.09 Å². The van der Waals surface area contributed by atoms with Crippen LogP contribution in [0.4, 0.5) is 0 Å². The van der Waals surface area contributed by atoms with Gasteiger partial charge >= 0.3 is 31.0 Å². The van der Waals surface area contributed by atoms with Crippen molar-refractivity contribution in [3.05, 3.63) is 54.6 Å². The van der Waals surface area contributed by atoms with Gasteiger partial charge < -0.3 is 4.42 Å². The number of primary sulfonamides is 1.